The topological polar surface area (TPSA) is 95.9 Å². The molecule has 136 valence electrons. The Bertz CT molecular complexity index is 343. The molecule has 7 heteroatoms. The number of aliphatic hydroxyl groups is 2. The second kappa shape index (κ2) is 16.5. The van der Waals surface area contributed by atoms with Crippen LogP contribution in [0.3, 0.4) is 0 Å². The first-order valence-electron chi connectivity index (χ1n) is 8.55. The average molecular weight is 352 g/mol. The van der Waals surface area contributed by atoms with E-state index in [-0.39, 0.29) is 42.2 Å². The molecule has 0 aromatic heterocycles. The first-order valence-corrected chi connectivity index (χ1v) is 8.55. The van der Waals surface area contributed by atoms with E-state index in [9.17, 15) is 20.1 Å². The molecule has 0 amide bonds. The summed E-state index contributed by atoms with van der Waals surface area (Å²) < 4.78 is 0. The van der Waals surface area contributed by atoms with Gasteiger partial charge in [-0.05, 0) is 26.7 Å². The van der Waals surface area contributed by atoms with Gasteiger partial charge in [0.25, 0.3) is 0 Å². The van der Waals surface area contributed by atoms with Crippen LogP contribution in [0.2, 0.25) is 0 Å². The molecule has 0 aromatic carbocycles. The average Bonchev–Trinajstić information content (AvgIpc) is 2.52. The Hall–Kier alpha value is 0.0500. The molecule has 0 saturated heterocycles. The second-order valence-corrected chi connectivity index (χ2v) is 5.95. The zero-order valence-electron chi connectivity index (χ0n) is 15.7. The van der Waals surface area contributed by atoms with Crippen LogP contribution in [0.25, 0.3) is 0 Å². The van der Waals surface area contributed by atoms with Crippen molar-refractivity contribution >= 4 is 5.97 Å². The molecule has 0 aliphatic heterocycles. The van der Waals surface area contributed by atoms with Gasteiger partial charge < -0.3 is 25.4 Å². The van der Waals surface area contributed by atoms with Crippen LogP contribution in [-0.2, 0) is 4.79 Å². The van der Waals surface area contributed by atoms with Crippen LogP contribution >= 0.6 is 0 Å². The summed E-state index contributed by atoms with van der Waals surface area (Å²) in [5.74, 6) is -1.15. The molecule has 0 bridgehead atoms. The van der Waals surface area contributed by atoms with E-state index < -0.39 is 18.1 Å². The summed E-state index contributed by atoms with van der Waals surface area (Å²) in [5.41, 5.74) is 0. The van der Waals surface area contributed by atoms with Crippen LogP contribution in [0.4, 0.5) is 0 Å². The van der Waals surface area contributed by atoms with E-state index in [4.69, 9.17) is 0 Å². The Labute approximate surface area is 168 Å². The van der Waals surface area contributed by atoms with Crippen molar-refractivity contribution in [2.24, 2.45) is 0 Å². The number of carboxylic acids is 1. The van der Waals surface area contributed by atoms with Gasteiger partial charge in [-0.1, -0.05) is 31.9 Å². The van der Waals surface area contributed by atoms with E-state index >= 15 is 0 Å². The number of carbonyl (C=O) groups is 1. The van der Waals surface area contributed by atoms with E-state index in [0.717, 1.165) is 19.3 Å². The second-order valence-electron chi connectivity index (χ2n) is 5.95. The Kier molecular flexibility index (Phi) is 18.1. The van der Waals surface area contributed by atoms with Gasteiger partial charge in [0.1, 0.15) is 0 Å². The first-order chi connectivity index (χ1) is 10.9. The van der Waals surface area contributed by atoms with Crippen molar-refractivity contribution in [3.63, 3.8) is 0 Å². The van der Waals surface area contributed by atoms with E-state index in [1.54, 1.807) is 11.8 Å². The molecule has 6 nitrogen and oxygen atoms in total. The third-order valence-electron chi connectivity index (χ3n) is 3.82. The van der Waals surface area contributed by atoms with Crippen molar-refractivity contribution in [2.45, 2.75) is 64.7 Å². The number of hydrogen-bond acceptors (Lipinski definition) is 6. The van der Waals surface area contributed by atoms with E-state index in [1.165, 1.54) is 0 Å². The number of aliphatic carboxylic acids is 1. The Balaban J connectivity index is 0. The number of allylic oxidation sites excluding steroid dienone is 1. The fourth-order valence-electron chi connectivity index (χ4n) is 2.26. The summed E-state index contributed by atoms with van der Waals surface area (Å²) in [7, 11) is 0. The summed E-state index contributed by atoms with van der Waals surface area (Å²) >= 11 is 0. The fourth-order valence-corrected chi connectivity index (χ4v) is 2.26. The van der Waals surface area contributed by atoms with Crippen molar-refractivity contribution in [3.05, 3.63) is 12.2 Å². The van der Waals surface area contributed by atoms with E-state index in [2.05, 4.69) is 12.2 Å². The Morgan fingerprint density at radius 3 is 2.54 bits per heavy atom. The van der Waals surface area contributed by atoms with Crippen LogP contribution in [-0.4, -0.2) is 65.5 Å². The molecule has 0 aromatic rings. The molecule has 0 aliphatic rings. The van der Waals surface area contributed by atoms with Gasteiger partial charge in [-0.25, -0.2) is 0 Å². The minimum absolute atomic E-state index is 0. The molecular weight excluding hydrogens is 319 g/mol. The maximum Gasteiger partial charge on any atom is 1.00 e. The van der Waals surface area contributed by atoms with Gasteiger partial charge in [0, 0.05) is 32.2 Å². The largest absolute Gasteiger partial charge is 1.00 e. The van der Waals surface area contributed by atoms with Crippen LogP contribution in [0.15, 0.2) is 12.2 Å². The van der Waals surface area contributed by atoms with Crippen molar-refractivity contribution in [3.8, 4) is 0 Å². The molecule has 0 aliphatic carbocycles. The minimum Gasteiger partial charge on any atom is -0.548 e. The van der Waals surface area contributed by atoms with Gasteiger partial charge in [0.15, 0.2) is 0 Å². The van der Waals surface area contributed by atoms with Crippen LogP contribution < -0.4 is 40.0 Å². The maximum absolute atomic E-state index is 11.1. The van der Waals surface area contributed by atoms with Crippen molar-refractivity contribution in [1.82, 2.24) is 10.2 Å². The van der Waals surface area contributed by atoms with Gasteiger partial charge in [0.2, 0.25) is 0 Å². The summed E-state index contributed by atoms with van der Waals surface area (Å²) in [5, 5.41) is 33.9. The molecule has 0 fully saturated rings. The SMILES string of the molecule is C/C=C/CC(O)CN(CCNCC(O)CCCC)C(C)C(=O)[O-].[Na+]. The van der Waals surface area contributed by atoms with Gasteiger partial charge in [-0.3, -0.25) is 4.90 Å². The smallest absolute Gasteiger partial charge is 0.548 e. The predicted molar refractivity (Wildman–Crippen MR) is 89.9 cm³/mol. The van der Waals surface area contributed by atoms with E-state index in [0.29, 0.717) is 26.1 Å². The summed E-state index contributed by atoms with van der Waals surface area (Å²) in [4.78, 5) is 12.8. The van der Waals surface area contributed by atoms with Gasteiger partial charge in [-0.2, -0.15) is 0 Å². The molecule has 24 heavy (non-hydrogen) atoms. The van der Waals surface area contributed by atoms with Crippen molar-refractivity contribution in [1.29, 1.82) is 0 Å². The fraction of sp³-hybridized carbons (Fsp3) is 0.824. The van der Waals surface area contributed by atoms with Crippen molar-refractivity contribution < 1.29 is 49.7 Å². The molecule has 0 spiro atoms. The third kappa shape index (κ3) is 13.4. The predicted octanol–water partition coefficient (Wildman–Crippen LogP) is -3.10. The summed E-state index contributed by atoms with van der Waals surface area (Å²) in [6, 6.07) is -0.762. The summed E-state index contributed by atoms with van der Waals surface area (Å²) in [6.45, 7) is 7.32. The normalized spacial score (nSPS) is 15.2. The number of carboxylic acid groups (broad SMARTS) is 1. The zero-order valence-corrected chi connectivity index (χ0v) is 17.7. The molecule has 3 N–H and O–H groups in total. The van der Waals surface area contributed by atoms with Crippen LogP contribution in [0.5, 0.6) is 0 Å². The number of unbranched alkanes of at least 4 members (excludes halogenated alkanes) is 1. The molecule has 0 heterocycles. The van der Waals surface area contributed by atoms with Crippen molar-refractivity contribution in [2.75, 3.05) is 26.2 Å². The monoisotopic (exact) mass is 352 g/mol. The Morgan fingerprint density at radius 2 is 2.00 bits per heavy atom. The molecular formula is C17H33N2NaO4. The van der Waals surface area contributed by atoms with Gasteiger partial charge >= 0.3 is 29.6 Å². The first kappa shape index (κ1) is 26.3. The number of rotatable bonds is 14. The molecule has 0 rings (SSSR count). The summed E-state index contributed by atoms with van der Waals surface area (Å²) in [6.07, 6.45) is 6.04. The van der Waals surface area contributed by atoms with E-state index in [1.807, 2.05) is 19.1 Å². The zero-order chi connectivity index (χ0) is 17.7. The third-order valence-corrected chi connectivity index (χ3v) is 3.82. The van der Waals surface area contributed by atoms with Crippen LogP contribution in [0, 0.1) is 0 Å². The molecule has 0 radical (unpaired) electrons. The quantitative estimate of drug-likeness (QED) is 0.174. The molecule has 3 atom stereocenters. The standard InChI is InChI=1S/C17H34N2O4.Na/c1-4-6-8-15(20)12-18-10-11-19(14(3)17(22)23)13-16(21)9-7-5-2;/h5,7,14-16,18,20-21H,4,6,8-13H2,1-3H3,(H,22,23);/q;+1/p-1/b7-5+;. The maximum atomic E-state index is 11.1. The molecule has 0 saturated carbocycles. The van der Waals surface area contributed by atoms with Gasteiger partial charge in [0.05, 0.1) is 18.2 Å². The molecule has 3 unspecified atom stereocenters. The number of hydrogen-bond donors (Lipinski definition) is 3. The number of nitrogens with one attached hydrogen (secondary N) is 1. The Morgan fingerprint density at radius 1 is 1.33 bits per heavy atom. The number of nitrogens with zero attached hydrogens (tertiary/aromatic N) is 1. The van der Waals surface area contributed by atoms with Gasteiger partial charge in [-0.15, -0.1) is 0 Å². The minimum atomic E-state index is -1.15. The number of carbonyl (C=O) groups excluding carboxylic acids is 1. The number of aliphatic hydroxyl groups excluding tert-OH is 2. The van der Waals surface area contributed by atoms with Crippen LogP contribution in [0.1, 0.15) is 46.5 Å².